The monoisotopic (exact) mass is 248 g/mol. The maximum absolute atomic E-state index is 12.3. The Morgan fingerprint density at radius 1 is 1.31 bits per heavy atom. The third-order valence-electron chi connectivity index (χ3n) is 3.61. The van der Waals surface area contributed by atoms with Crippen LogP contribution in [0.2, 0.25) is 0 Å². The van der Waals surface area contributed by atoms with Gasteiger partial charge in [-0.3, -0.25) is 0 Å². The fraction of sp³-hybridized carbons (Fsp3) is 1.00. The molecule has 0 aromatic rings. The van der Waals surface area contributed by atoms with E-state index >= 15 is 0 Å². The van der Waals surface area contributed by atoms with Gasteiger partial charge in [0.1, 0.15) is 0 Å². The highest BCUT2D eigenvalue weighted by Crippen LogP contribution is 2.20. The summed E-state index contributed by atoms with van der Waals surface area (Å²) in [5.74, 6) is 0.344. The Kier molecular flexibility index (Phi) is 4.76. The second-order valence-electron chi connectivity index (χ2n) is 5.01. The van der Waals surface area contributed by atoms with E-state index in [1.54, 1.807) is 11.4 Å². The van der Waals surface area contributed by atoms with E-state index in [0.717, 1.165) is 19.4 Å². The molecular weight excluding hydrogens is 224 g/mol. The molecule has 5 heteroatoms. The van der Waals surface area contributed by atoms with Gasteiger partial charge in [0.2, 0.25) is 10.0 Å². The number of rotatable bonds is 4. The molecule has 0 aromatic heterocycles. The average Bonchev–Trinajstić information content (AvgIpc) is 2.28. The van der Waals surface area contributed by atoms with E-state index in [4.69, 9.17) is 0 Å². The molecule has 0 spiro atoms. The molecule has 1 aliphatic rings. The molecule has 1 saturated heterocycles. The molecule has 96 valence electrons. The molecule has 0 aliphatic carbocycles. The Bertz CT molecular complexity index is 308. The van der Waals surface area contributed by atoms with E-state index < -0.39 is 10.0 Å². The summed E-state index contributed by atoms with van der Waals surface area (Å²) in [7, 11) is -1.43. The van der Waals surface area contributed by atoms with Crippen LogP contribution in [-0.2, 0) is 10.0 Å². The van der Waals surface area contributed by atoms with Gasteiger partial charge in [0, 0.05) is 19.6 Å². The molecule has 1 aliphatic heterocycles. The van der Waals surface area contributed by atoms with Crippen LogP contribution in [0.5, 0.6) is 0 Å². The van der Waals surface area contributed by atoms with E-state index in [1.807, 2.05) is 6.92 Å². The van der Waals surface area contributed by atoms with Gasteiger partial charge in [0.05, 0.1) is 5.25 Å². The highest BCUT2D eigenvalue weighted by molar-refractivity contribution is 7.89. The SMILES string of the molecule is CC(C)C(C)N(C)S(=O)(=O)C1CCCNC1. The van der Waals surface area contributed by atoms with Crippen LogP contribution in [0.4, 0.5) is 0 Å². The Morgan fingerprint density at radius 3 is 2.38 bits per heavy atom. The summed E-state index contributed by atoms with van der Waals surface area (Å²) < 4.78 is 26.2. The molecule has 2 atom stereocenters. The van der Waals surface area contributed by atoms with Crippen molar-refractivity contribution in [2.45, 2.75) is 44.9 Å². The largest absolute Gasteiger partial charge is 0.315 e. The zero-order chi connectivity index (χ0) is 12.3. The van der Waals surface area contributed by atoms with E-state index in [0.29, 0.717) is 12.5 Å². The molecule has 4 nitrogen and oxygen atoms in total. The summed E-state index contributed by atoms with van der Waals surface area (Å²) in [6.45, 7) is 7.61. The molecule has 1 heterocycles. The minimum absolute atomic E-state index is 0.0620. The van der Waals surface area contributed by atoms with Crippen molar-refractivity contribution >= 4 is 10.0 Å². The lowest BCUT2D eigenvalue weighted by atomic mass is 10.1. The van der Waals surface area contributed by atoms with Crippen molar-refractivity contribution in [3.8, 4) is 0 Å². The quantitative estimate of drug-likeness (QED) is 0.809. The first-order valence-corrected chi connectivity index (χ1v) is 7.55. The van der Waals surface area contributed by atoms with E-state index in [2.05, 4.69) is 19.2 Å². The Morgan fingerprint density at radius 2 is 1.94 bits per heavy atom. The van der Waals surface area contributed by atoms with Gasteiger partial charge in [0.25, 0.3) is 0 Å². The minimum Gasteiger partial charge on any atom is -0.315 e. The minimum atomic E-state index is -3.14. The highest BCUT2D eigenvalue weighted by atomic mass is 32.2. The average molecular weight is 248 g/mol. The molecule has 0 radical (unpaired) electrons. The zero-order valence-electron chi connectivity index (χ0n) is 10.7. The van der Waals surface area contributed by atoms with Gasteiger partial charge in [-0.2, -0.15) is 0 Å². The molecular formula is C11H24N2O2S. The normalized spacial score (nSPS) is 25.0. The molecule has 0 bridgehead atoms. The van der Waals surface area contributed by atoms with Crippen molar-refractivity contribution in [3.63, 3.8) is 0 Å². The standard InChI is InChI=1S/C11H24N2O2S/c1-9(2)10(3)13(4)16(14,15)11-6-5-7-12-8-11/h9-12H,5-8H2,1-4H3. The van der Waals surface area contributed by atoms with E-state index in [9.17, 15) is 8.42 Å². The van der Waals surface area contributed by atoms with Crippen molar-refractivity contribution < 1.29 is 8.42 Å². The van der Waals surface area contributed by atoms with Crippen LogP contribution in [0.25, 0.3) is 0 Å². The zero-order valence-corrected chi connectivity index (χ0v) is 11.5. The van der Waals surface area contributed by atoms with Crippen molar-refractivity contribution in [2.75, 3.05) is 20.1 Å². The number of hydrogen-bond acceptors (Lipinski definition) is 3. The molecule has 1 N–H and O–H groups in total. The summed E-state index contributed by atoms with van der Waals surface area (Å²) in [6, 6.07) is 0.0620. The van der Waals surface area contributed by atoms with E-state index in [-0.39, 0.29) is 11.3 Å². The van der Waals surface area contributed by atoms with Gasteiger partial charge in [-0.1, -0.05) is 13.8 Å². The molecule has 0 aromatic carbocycles. The summed E-state index contributed by atoms with van der Waals surface area (Å²) in [5, 5.41) is 2.92. The van der Waals surface area contributed by atoms with Crippen LogP contribution in [0, 0.1) is 5.92 Å². The fourth-order valence-electron chi connectivity index (χ4n) is 1.96. The van der Waals surface area contributed by atoms with Crippen LogP contribution >= 0.6 is 0 Å². The third kappa shape index (κ3) is 2.96. The molecule has 16 heavy (non-hydrogen) atoms. The van der Waals surface area contributed by atoms with Gasteiger partial charge in [-0.15, -0.1) is 0 Å². The van der Waals surface area contributed by atoms with Crippen molar-refractivity contribution in [1.82, 2.24) is 9.62 Å². The van der Waals surface area contributed by atoms with Gasteiger partial charge < -0.3 is 5.32 Å². The Labute approximate surface area is 99.5 Å². The molecule has 0 amide bonds. The summed E-state index contributed by atoms with van der Waals surface area (Å²) in [5.41, 5.74) is 0. The first kappa shape index (κ1) is 13.9. The van der Waals surface area contributed by atoms with Gasteiger partial charge in [-0.25, -0.2) is 12.7 Å². The van der Waals surface area contributed by atoms with E-state index in [1.165, 1.54) is 0 Å². The lowest BCUT2D eigenvalue weighted by molar-refractivity contribution is 0.308. The molecule has 0 saturated carbocycles. The van der Waals surface area contributed by atoms with Gasteiger partial charge in [-0.05, 0) is 32.2 Å². The number of hydrogen-bond donors (Lipinski definition) is 1. The Hall–Kier alpha value is -0.130. The Balaban J connectivity index is 2.75. The van der Waals surface area contributed by atoms with Gasteiger partial charge >= 0.3 is 0 Å². The number of nitrogens with zero attached hydrogens (tertiary/aromatic N) is 1. The molecule has 2 unspecified atom stereocenters. The number of nitrogens with one attached hydrogen (secondary N) is 1. The summed E-state index contributed by atoms with van der Waals surface area (Å²) in [4.78, 5) is 0. The molecule has 1 fully saturated rings. The summed E-state index contributed by atoms with van der Waals surface area (Å²) >= 11 is 0. The lowest BCUT2D eigenvalue weighted by Crippen LogP contribution is -2.48. The van der Waals surface area contributed by atoms with Crippen molar-refractivity contribution in [3.05, 3.63) is 0 Å². The highest BCUT2D eigenvalue weighted by Gasteiger charge is 2.33. The second kappa shape index (κ2) is 5.47. The topological polar surface area (TPSA) is 49.4 Å². The number of piperidine rings is 1. The third-order valence-corrected chi connectivity index (χ3v) is 5.99. The number of sulfonamides is 1. The second-order valence-corrected chi connectivity index (χ2v) is 7.29. The maximum Gasteiger partial charge on any atom is 0.218 e. The van der Waals surface area contributed by atoms with Crippen molar-refractivity contribution in [1.29, 1.82) is 0 Å². The van der Waals surface area contributed by atoms with Crippen LogP contribution in [0.3, 0.4) is 0 Å². The predicted octanol–water partition coefficient (Wildman–Crippen LogP) is 1.04. The molecule has 1 rings (SSSR count). The van der Waals surface area contributed by atoms with Crippen LogP contribution in [0.1, 0.15) is 33.6 Å². The smallest absolute Gasteiger partial charge is 0.218 e. The first-order chi connectivity index (χ1) is 7.37. The maximum atomic E-state index is 12.3. The fourth-order valence-corrected chi connectivity index (χ4v) is 3.93. The van der Waals surface area contributed by atoms with Gasteiger partial charge in [0.15, 0.2) is 0 Å². The lowest BCUT2D eigenvalue weighted by Gasteiger charge is -2.32. The van der Waals surface area contributed by atoms with Crippen LogP contribution in [0.15, 0.2) is 0 Å². The first-order valence-electron chi connectivity index (χ1n) is 6.05. The van der Waals surface area contributed by atoms with Crippen LogP contribution < -0.4 is 5.32 Å². The van der Waals surface area contributed by atoms with Crippen molar-refractivity contribution in [2.24, 2.45) is 5.92 Å². The summed E-state index contributed by atoms with van der Waals surface area (Å²) in [6.07, 6.45) is 1.73. The van der Waals surface area contributed by atoms with Crippen LogP contribution in [-0.4, -0.2) is 44.2 Å². The predicted molar refractivity (Wildman–Crippen MR) is 66.9 cm³/mol.